The first kappa shape index (κ1) is 10.0. The molecule has 16 heavy (non-hydrogen) atoms. The van der Waals surface area contributed by atoms with Crippen molar-refractivity contribution in [3.63, 3.8) is 0 Å². The van der Waals surface area contributed by atoms with E-state index < -0.39 is 0 Å². The zero-order valence-electron chi connectivity index (χ0n) is 9.55. The molecule has 0 spiro atoms. The number of rotatable bonds is 2. The summed E-state index contributed by atoms with van der Waals surface area (Å²) in [5.74, 6) is 0.980. The van der Waals surface area contributed by atoms with Gasteiger partial charge in [-0.05, 0) is 49.9 Å². The van der Waals surface area contributed by atoms with Crippen LogP contribution in [0.1, 0.15) is 24.8 Å². The van der Waals surface area contributed by atoms with E-state index >= 15 is 0 Å². The summed E-state index contributed by atoms with van der Waals surface area (Å²) >= 11 is 0. The Morgan fingerprint density at radius 2 is 2.19 bits per heavy atom. The van der Waals surface area contributed by atoms with E-state index in [2.05, 4.69) is 28.1 Å². The predicted molar refractivity (Wildman–Crippen MR) is 66.0 cm³/mol. The average molecular weight is 214 g/mol. The second-order valence-electron chi connectivity index (χ2n) is 4.93. The summed E-state index contributed by atoms with van der Waals surface area (Å²) in [6.07, 6.45) is 12.5. The molecule has 0 radical (unpaired) electrons. The fourth-order valence-electron chi connectivity index (χ4n) is 2.91. The van der Waals surface area contributed by atoms with Gasteiger partial charge in [0.05, 0.1) is 0 Å². The lowest BCUT2D eigenvalue weighted by molar-refractivity contribution is 0.0740. The van der Waals surface area contributed by atoms with Gasteiger partial charge >= 0.3 is 0 Å². The van der Waals surface area contributed by atoms with Crippen molar-refractivity contribution in [2.75, 3.05) is 13.1 Å². The smallest absolute Gasteiger partial charge is 0.0340 e. The standard InChI is InChI=1S/C14H18N2/c1-2-13(11-15-7-1)3-4-14-10-12-5-8-16(14)9-6-12/h1-4,7,11-12,14H,5-6,8-10H2. The maximum atomic E-state index is 4.13. The topological polar surface area (TPSA) is 16.1 Å². The Morgan fingerprint density at radius 1 is 1.31 bits per heavy atom. The van der Waals surface area contributed by atoms with Crippen LogP contribution in [0.15, 0.2) is 30.6 Å². The van der Waals surface area contributed by atoms with Crippen LogP contribution in [0.2, 0.25) is 0 Å². The van der Waals surface area contributed by atoms with Crippen LogP contribution in [-0.4, -0.2) is 29.0 Å². The number of pyridine rings is 1. The van der Waals surface area contributed by atoms with Crippen LogP contribution in [0.5, 0.6) is 0 Å². The molecule has 1 aromatic heterocycles. The molecule has 2 bridgehead atoms. The average Bonchev–Trinajstić information content (AvgIpc) is 2.39. The largest absolute Gasteiger partial charge is 0.297 e. The van der Waals surface area contributed by atoms with Gasteiger partial charge in [0.1, 0.15) is 0 Å². The van der Waals surface area contributed by atoms with E-state index in [0.29, 0.717) is 6.04 Å². The highest BCUT2D eigenvalue weighted by Gasteiger charge is 2.31. The number of hydrogen-bond donors (Lipinski definition) is 0. The normalized spacial score (nSPS) is 33.4. The van der Waals surface area contributed by atoms with Crippen molar-refractivity contribution < 1.29 is 0 Å². The highest BCUT2D eigenvalue weighted by Crippen LogP contribution is 2.32. The van der Waals surface area contributed by atoms with E-state index in [4.69, 9.17) is 0 Å². The number of aromatic nitrogens is 1. The van der Waals surface area contributed by atoms with Gasteiger partial charge in [0, 0.05) is 18.4 Å². The van der Waals surface area contributed by atoms with Gasteiger partial charge in [-0.25, -0.2) is 0 Å². The first-order chi connectivity index (χ1) is 7.92. The minimum Gasteiger partial charge on any atom is -0.297 e. The van der Waals surface area contributed by atoms with Crippen LogP contribution in [0.25, 0.3) is 6.08 Å². The Balaban J connectivity index is 1.69. The number of nitrogens with zero attached hydrogens (tertiary/aromatic N) is 2. The molecule has 0 aliphatic carbocycles. The molecule has 2 nitrogen and oxygen atoms in total. The highest BCUT2D eigenvalue weighted by molar-refractivity contribution is 5.48. The monoisotopic (exact) mass is 214 g/mol. The van der Waals surface area contributed by atoms with Crippen molar-refractivity contribution >= 4 is 6.08 Å². The van der Waals surface area contributed by atoms with Crippen molar-refractivity contribution in [2.24, 2.45) is 5.92 Å². The first-order valence-corrected chi connectivity index (χ1v) is 6.24. The van der Waals surface area contributed by atoms with Crippen molar-refractivity contribution in [2.45, 2.75) is 25.3 Å². The fourth-order valence-corrected chi connectivity index (χ4v) is 2.91. The van der Waals surface area contributed by atoms with Crippen molar-refractivity contribution in [1.29, 1.82) is 0 Å². The Morgan fingerprint density at radius 3 is 2.81 bits per heavy atom. The molecule has 0 saturated carbocycles. The van der Waals surface area contributed by atoms with Crippen LogP contribution >= 0.6 is 0 Å². The fraction of sp³-hybridized carbons (Fsp3) is 0.500. The lowest BCUT2D eigenvalue weighted by Crippen LogP contribution is -2.47. The molecule has 84 valence electrons. The van der Waals surface area contributed by atoms with E-state index in [1.807, 2.05) is 18.5 Å². The summed E-state index contributed by atoms with van der Waals surface area (Å²) in [7, 11) is 0. The summed E-state index contributed by atoms with van der Waals surface area (Å²) in [6, 6.07) is 4.78. The molecule has 0 N–H and O–H groups in total. The summed E-state index contributed by atoms with van der Waals surface area (Å²) in [6.45, 7) is 2.60. The Labute approximate surface area is 97.0 Å². The van der Waals surface area contributed by atoms with Gasteiger partial charge in [-0.2, -0.15) is 0 Å². The molecule has 1 aromatic rings. The van der Waals surface area contributed by atoms with E-state index in [1.165, 1.54) is 37.9 Å². The van der Waals surface area contributed by atoms with Crippen LogP contribution < -0.4 is 0 Å². The van der Waals surface area contributed by atoms with Gasteiger partial charge in [-0.3, -0.25) is 9.88 Å². The number of hydrogen-bond acceptors (Lipinski definition) is 2. The molecule has 0 aromatic carbocycles. The third-order valence-electron chi connectivity index (χ3n) is 3.89. The summed E-state index contributed by atoms with van der Waals surface area (Å²) < 4.78 is 0. The molecule has 1 unspecified atom stereocenters. The quantitative estimate of drug-likeness (QED) is 0.752. The van der Waals surface area contributed by atoms with Crippen LogP contribution in [0.3, 0.4) is 0 Å². The molecule has 3 saturated heterocycles. The third-order valence-corrected chi connectivity index (χ3v) is 3.89. The SMILES string of the molecule is C(=CC1CC2CCN1CC2)c1cccnc1. The first-order valence-electron chi connectivity index (χ1n) is 6.24. The Kier molecular flexibility index (Phi) is 2.75. The summed E-state index contributed by atoms with van der Waals surface area (Å²) in [5.41, 5.74) is 1.21. The molecule has 1 atom stereocenters. The van der Waals surface area contributed by atoms with Crippen molar-refractivity contribution in [1.82, 2.24) is 9.88 Å². The molecule has 4 rings (SSSR count). The molecule has 0 amide bonds. The second-order valence-corrected chi connectivity index (χ2v) is 4.93. The molecule has 3 aliphatic heterocycles. The van der Waals surface area contributed by atoms with Crippen molar-refractivity contribution in [3.8, 4) is 0 Å². The van der Waals surface area contributed by atoms with Gasteiger partial charge in [0.15, 0.2) is 0 Å². The van der Waals surface area contributed by atoms with Gasteiger partial charge in [-0.1, -0.05) is 18.2 Å². The maximum absolute atomic E-state index is 4.13. The van der Waals surface area contributed by atoms with E-state index in [1.54, 1.807) is 0 Å². The molecule has 3 aliphatic rings. The molecule has 4 heterocycles. The van der Waals surface area contributed by atoms with E-state index in [9.17, 15) is 0 Å². The maximum Gasteiger partial charge on any atom is 0.0340 e. The second kappa shape index (κ2) is 4.38. The van der Waals surface area contributed by atoms with E-state index in [-0.39, 0.29) is 0 Å². The third kappa shape index (κ3) is 2.03. The predicted octanol–water partition coefficient (Wildman–Crippen LogP) is 2.58. The lowest BCUT2D eigenvalue weighted by atomic mass is 9.83. The zero-order valence-corrected chi connectivity index (χ0v) is 9.55. The molecular weight excluding hydrogens is 196 g/mol. The minimum atomic E-state index is 0.674. The zero-order chi connectivity index (χ0) is 10.8. The van der Waals surface area contributed by atoms with Crippen LogP contribution in [-0.2, 0) is 0 Å². The summed E-state index contributed by atoms with van der Waals surface area (Å²) in [4.78, 5) is 6.75. The van der Waals surface area contributed by atoms with Gasteiger partial charge in [0.2, 0.25) is 0 Å². The van der Waals surface area contributed by atoms with Gasteiger partial charge in [0.25, 0.3) is 0 Å². The molecule has 3 fully saturated rings. The van der Waals surface area contributed by atoms with Gasteiger partial charge < -0.3 is 0 Å². The van der Waals surface area contributed by atoms with Crippen molar-refractivity contribution in [3.05, 3.63) is 36.2 Å². The Hall–Kier alpha value is -1.15. The van der Waals surface area contributed by atoms with Crippen LogP contribution in [0.4, 0.5) is 0 Å². The summed E-state index contributed by atoms with van der Waals surface area (Å²) in [5, 5.41) is 0. The number of fused-ring (bicyclic) bond motifs is 3. The highest BCUT2D eigenvalue weighted by atomic mass is 15.2. The van der Waals surface area contributed by atoms with Gasteiger partial charge in [-0.15, -0.1) is 0 Å². The Bertz CT molecular complexity index is 364. The number of piperidine rings is 3. The lowest BCUT2D eigenvalue weighted by Gasteiger charge is -2.44. The van der Waals surface area contributed by atoms with Crippen LogP contribution in [0, 0.1) is 5.92 Å². The minimum absolute atomic E-state index is 0.674. The molecule has 2 heteroatoms. The molecular formula is C14H18N2. The van der Waals surface area contributed by atoms with E-state index in [0.717, 1.165) is 5.92 Å².